The number of carbonyl (C=O) groups is 1. The largest absolute Gasteiger partial charge is 0.304 e. The summed E-state index contributed by atoms with van der Waals surface area (Å²) in [7, 11) is -3.84. The van der Waals surface area contributed by atoms with E-state index in [1.54, 1.807) is 17.4 Å². The summed E-state index contributed by atoms with van der Waals surface area (Å²) < 4.78 is 29.7. The molecule has 118 valence electrons. The van der Waals surface area contributed by atoms with Crippen molar-refractivity contribution in [2.75, 3.05) is 6.54 Å². The number of nitrogens with zero attached hydrogens (tertiary/aromatic N) is 1. The zero-order chi connectivity index (χ0) is 15.9. The maximum Gasteiger partial charge on any atom is 0.304 e. The van der Waals surface area contributed by atoms with Gasteiger partial charge in [-0.15, -0.1) is 22.7 Å². The normalized spacial score (nSPS) is 15.5. The molecule has 0 radical (unpaired) electrons. The lowest BCUT2D eigenvalue weighted by molar-refractivity contribution is 0.0982. The van der Waals surface area contributed by atoms with Gasteiger partial charge in [-0.05, 0) is 61.4 Å². The summed E-state index contributed by atoms with van der Waals surface area (Å²) in [6.45, 7) is 0.688. The summed E-state index contributed by atoms with van der Waals surface area (Å²) in [6.07, 6.45) is 0.679. The van der Waals surface area contributed by atoms with Gasteiger partial charge in [0, 0.05) is 22.4 Å². The molecule has 22 heavy (non-hydrogen) atoms. The van der Waals surface area contributed by atoms with Gasteiger partial charge in [0.1, 0.15) is 0 Å². The average molecular weight is 486 g/mol. The quantitative estimate of drug-likeness (QED) is 0.724. The standard InChI is InChI=1S/C12H10Br2N2O3S3/c13-8-5-10(21-11(8)14)12(17)15-22(18,19)16-3-1-9-7(6-16)2-4-20-9/h2,4-5H,1,3,6H2,(H,15,17). The van der Waals surface area contributed by atoms with Gasteiger partial charge in [0.15, 0.2) is 0 Å². The number of halogens is 2. The molecule has 1 aliphatic heterocycles. The van der Waals surface area contributed by atoms with Crippen LogP contribution in [-0.2, 0) is 23.2 Å². The molecule has 0 unspecified atom stereocenters. The summed E-state index contributed by atoms with van der Waals surface area (Å²) in [5.41, 5.74) is 1.01. The minimum absolute atomic E-state index is 0.305. The molecule has 0 saturated heterocycles. The van der Waals surface area contributed by atoms with E-state index < -0.39 is 16.1 Å². The van der Waals surface area contributed by atoms with Crippen molar-refractivity contribution in [3.05, 3.63) is 41.1 Å². The lowest BCUT2D eigenvalue weighted by Crippen LogP contribution is -2.45. The molecular formula is C12H10Br2N2O3S3. The van der Waals surface area contributed by atoms with Crippen LogP contribution in [0.4, 0.5) is 0 Å². The minimum Gasteiger partial charge on any atom is -0.267 e. The highest BCUT2D eigenvalue weighted by molar-refractivity contribution is 9.13. The molecular weight excluding hydrogens is 476 g/mol. The molecule has 5 nitrogen and oxygen atoms in total. The second-order valence-corrected chi connectivity index (χ2v) is 10.5. The molecule has 3 heterocycles. The Morgan fingerprint density at radius 2 is 2.14 bits per heavy atom. The van der Waals surface area contributed by atoms with E-state index in [1.807, 2.05) is 11.4 Å². The van der Waals surface area contributed by atoms with Crippen molar-refractivity contribution >= 4 is 70.6 Å². The van der Waals surface area contributed by atoms with Gasteiger partial charge in [0.25, 0.3) is 5.91 Å². The number of carbonyl (C=O) groups excluding carboxylic acids is 1. The number of hydrogen-bond donors (Lipinski definition) is 1. The summed E-state index contributed by atoms with van der Waals surface area (Å²) in [6, 6.07) is 3.52. The maximum atomic E-state index is 12.4. The van der Waals surface area contributed by atoms with Crippen molar-refractivity contribution in [1.82, 2.24) is 9.03 Å². The highest BCUT2D eigenvalue weighted by Crippen LogP contribution is 2.32. The van der Waals surface area contributed by atoms with Crippen LogP contribution >= 0.6 is 54.5 Å². The van der Waals surface area contributed by atoms with E-state index in [0.717, 1.165) is 13.8 Å². The third-order valence-electron chi connectivity index (χ3n) is 3.20. The van der Waals surface area contributed by atoms with Crippen LogP contribution in [0.15, 0.2) is 25.8 Å². The first-order valence-electron chi connectivity index (χ1n) is 6.19. The van der Waals surface area contributed by atoms with Crippen molar-refractivity contribution in [2.45, 2.75) is 13.0 Å². The Balaban J connectivity index is 1.75. The molecule has 1 amide bonds. The number of hydrogen-bond acceptors (Lipinski definition) is 5. The smallest absolute Gasteiger partial charge is 0.267 e. The van der Waals surface area contributed by atoms with Crippen LogP contribution in [0.1, 0.15) is 20.1 Å². The summed E-state index contributed by atoms with van der Waals surface area (Å²) >= 11 is 9.38. The predicted molar refractivity (Wildman–Crippen MR) is 94.5 cm³/mol. The van der Waals surface area contributed by atoms with Gasteiger partial charge in [0.05, 0.1) is 8.66 Å². The van der Waals surface area contributed by atoms with Gasteiger partial charge in [-0.2, -0.15) is 12.7 Å². The number of rotatable bonds is 3. The molecule has 0 saturated carbocycles. The first-order chi connectivity index (χ1) is 10.4. The topological polar surface area (TPSA) is 66.5 Å². The fourth-order valence-electron chi connectivity index (χ4n) is 2.12. The second kappa shape index (κ2) is 6.33. The Labute approximate surface area is 152 Å². The molecule has 0 spiro atoms. The van der Waals surface area contributed by atoms with Gasteiger partial charge in [0.2, 0.25) is 0 Å². The first kappa shape index (κ1) is 16.6. The van der Waals surface area contributed by atoms with Crippen LogP contribution < -0.4 is 4.72 Å². The van der Waals surface area contributed by atoms with Crippen LogP contribution in [0.2, 0.25) is 0 Å². The molecule has 0 aliphatic carbocycles. The molecule has 0 bridgehead atoms. The van der Waals surface area contributed by atoms with Crippen LogP contribution in [0.25, 0.3) is 0 Å². The minimum atomic E-state index is -3.84. The summed E-state index contributed by atoms with van der Waals surface area (Å²) in [5.74, 6) is -0.618. The Morgan fingerprint density at radius 1 is 1.36 bits per heavy atom. The lowest BCUT2D eigenvalue weighted by atomic mass is 10.1. The highest BCUT2D eigenvalue weighted by Gasteiger charge is 2.29. The molecule has 1 N–H and O–H groups in total. The Kier molecular flexibility index (Phi) is 4.77. The third-order valence-corrected chi connectivity index (χ3v) is 8.92. The Morgan fingerprint density at radius 3 is 2.82 bits per heavy atom. The third kappa shape index (κ3) is 3.31. The molecule has 2 aromatic rings. The van der Waals surface area contributed by atoms with E-state index in [9.17, 15) is 13.2 Å². The molecule has 2 aromatic heterocycles. The molecule has 0 aromatic carbocycles. The van der Waals surface area contributed by atoms with E-state index in [1.165, 1.54) is 20.5 Å². The van der Waals surface area contributed by atoms with E-state index in [2.05, 4.69) is 36.6 Å². The van der Waals surface area contributed by atoms with Crippen LogP contribution in [-0.4, -0.2) is 25.2 Å². The molecule has 1 aliphatic rings. The summed E-state index contributed by atoms with van der Waals surface area (Å²) in [5, 5.41) is 1.96. The summed E-state index contributed by atoms with van der Waals surface area (Å²) in [4.78, 5) is 13.7. The molecule has 0 fully saturated rings. The van der Waals surface area contributed by atoms with E-state index >= 15 is 0 Å². The molecule has 10 heteroatoms. The monoisotopic (exact) mass is 484 g/mol. The zero-order valence-electron chi connectivity index (χ0n) is 11.0. The van der Waals surface area contributed by atoms with Crippen LogP contribution in [0.3, 0.4) is 0 Å². The molecule has 3 rings (SSSR count). The molecule has 0 atom stereocenters. The number of amides is 1. The van der Waals surface area contributed by atoms with Crippen molar-refractivity contribution in [3.8, 4) is 0 Å². The van der Waals surface area contributed by atoms with Gasteiger partial charge >= 0.3 is 10.2 Å². The van der Waals surface area contributed by atoms with Crippen molar-refractivity contribution in [3.63, 3.8) is 0 Å². The number of nitrogens with one attached hydrogen (secondary N) is 1. The van der Waals surface area contributed by atoms with Crippen molar-refractivity contribution in [2.24, 2.45) is 0 Å². The van der Waals surface area contributed by atoms with E-state index in [4.69, 9.17) is 0 Å². The Bertz CT molecular complexity index is 809. The van der Waals surface area contributed by atoms with E-state index in [0.29, 0.717) is 24.4 Å². The number of thiophene rings is 2. The van der Waals surface area contributed by atoms with E-state index in [-0.39, 0.29) is 0 Å². The fourth-order valence-corrected chi connectivity index (χ4v) is 6.12. The Hall–Kier alpha value is -0.260. The maximum absolute atomic E-state index is 12.4. The van der Waals surface area contributed by atoms with Gasteiger partial charge < -0.3 is 0 Å². The van der Waals surface area contributed by atoms with Gasteiger partial charge in [-0.3, -0.25) is 4.79 Å². The van der Waals surface area contributed by atoms with Crippen molar-refractivity contribution in [1.29, 1.82) is 0 Å². The van der Waals surface area contributed by atoms with Crippen LogP contribution in [0.5, 0.6) is 0 Å². The number of fused-ring (bicyclic) bond motifs is 1. The van der Waals surface area contributed by atoms with Gasteiger partial charge in [-0.1, -0.05) is 0 Å². The second-order valence-electron chi connectivity index (χ2n) is 4.62. The first-order valence-corrected chi connectivity index (χ1v) is 10.9. The zero-order valence-corrected chi connectivity index (χ0v) is 16.6. The lowest BCUT2D eigenvalue weighted by Gasteiger charge is -2.25. The predicted octanol–water partition coefficient (Wildman–Crippen LogP) is 3.37. The van der Waals surface area contributed by atoms with Crippen LogP contribution in [0, 0.1) is 0 Å². The highest BCUT2D eigenvalue weighted by atomic mass is 79.9. The average Bonchev–Trinajstić information content (AvgIpc) is 3.05. The van der Waals surface area contributed by atoms with Crippen molar-refractivity contribution < 1.29 is 13.2 Å². The fraction of sp³-hybridized carbons (Fsp3) is 0.250. The SMILES string of the molecule is O=C(NS(=O)(=O)N1CCc2sccc2C1)c1cc(Br)c(Br)s1. The van der Waals surface area contributed by atoms with Gasteiger partial charge in [-0.25, -0.2) is 4.72 Å².